The summed E-state index contributed by atoms with van der Waals surface area (Å²) in [5, 5.41) is 0. The number of rotatable bonds is 2. The number of halogens is 3. The molecule has 4 heteroatoms. The molecule has 0 atom stereocenters. The van der Waals surface area contributed by atoms with Crippen molar-refractivity contribution in [3.63, 3.8) is 0 Å². The first-order valence-corrected chi connectivity index (χ1v) is 4.67. The van der Waals surface area contributed by atoms with Crippen LogP contribution in [0.2, 0.25) is 0 Å². The van der Waals surface area contributed by atoms with Crippen LogP contribution in [0.4, 0.5) is 18.9 Å². The minimum absolute atomic E-state index is 0.398. The summed E-state index contributed by atoms with van der Waals surface area (Å²) in [7, 11) is 0. The lowest BCUT2D eigenvalue weighted by atomic mass is 10.1. The predicted octanol–water partition coefficient (Wildman–Crippen LogP) is 3.99. The molecular formula is C11H12F3N. The Kier molecular flexibility index (Phi) is 3.50. The van der Waals surface area contributed by atoms with Crippen molar-refractivity contribution in [2.24, 2.45) is 4.99 Å². The number of aliphatic imine (C=N–C) groups is 1. The molecule has 0 amide bonds. The van der Waals surface area contributed by atoms with Gasteiger partial charge in [0, 0.05) is 6.21 Å². The molecule has 0 heterocycles. The zero-order chi connectivity index (χ0) is 11.5. The molecule has 0 bridgehead atoms. The van der Waals surface area contributed by atoms with Gasteiger partial charge in [-0.05, 0) is 31.0 Å². The highest BCUT2D eigenvalue weighted by Crippen LogP contribution is 2.33. The smallest absolute Gasteiger partial charge is 0.261 e. The maximum absolute atomic E-state index is 12.4. The highest BCUT2D eigenvalue weighted by Gasteiger charge is 2.30. The molecular weight excluding hydrogens is 203 g/mol. The van der Waals surface area contributed by atoms with Crippen molar-refractivity contribution in [1.29, 1.82) is 0 Å². The standard InChI is InChI=1S/C11H12F3N/c1-3-8-5-6-9(11(12,13)14)7-10(8)15-4-2/h4-7H,3H2,1-2H3/b15-4-. The van der Waals surface area contributed by atoms with E-state index in [4.69, 9.17) is 0 Å². The Balaban J connectivity index is 3.22. The molecule has 0 unspecified atom stereocenters. The Hall–Kier alpha value is -1.32. The summed E-state index contributed by atoms with van der Waals surface area (Å²) >= 11 is 0. The van der Waals surface area contributed by atoms with E-state index in [1.807, 2.05) is 6.92 Å². The van der Waals surface area contributed by atoms with Crippen LogP contribution in [-0.4, -0.2) is 6.21 Å². The van der Waals surface area contributed by atoms with Gasteiger partial charge in [-0.25, -0.2) is 0 Å². The van der Waals surface area contributed by atoms with E-state index in [0.29, 0.717) is 12.1 Å². The SMILES string of the molecule is C/C=N\c1cc(C(F)(F)F)ccc1CC. The third-order valence-corrected chi connectivity index (χ3v) is 2.06. The lowest BCUT2D eigenvalue weighted by Gasteiger charge is -2.09. The summed E-state index contributed by atoms with van der Waals surface area (Å²) in [6.45, 7) is 3.57. The highest BCUT2D eigenvalue weighted by atomic mass is 19.4. The fraction of sp³-hybridized carbons (Fsp3) is 0.364. The molecule has 1 nitrogen and oxygen atoms in total. The van der Waals surface area contributed by atoms with Gasteiger partial charge < -0.3 is 0 Å². The molecule has 0 fully saturated rings. The Morgan fingerprint density at radius 3 is 2.47 bits per heavy atom. The number of hydrogen-bond donors (Lipinski definition) is 0. The van der Waals surface area contributed by atoms with Gasteiger partial charge in [0.15, 0.2) is 0 Å². The van der Waals surface area contributed by atoms with Crippen LogP contribution in [0.15, 0.2) is 23.2 Å². The fourth-order valence-corrected chi connectivity index (χ4v) is 1.30. The van der Waals surface area contributed by atoms with E-state index in [0.717, 1.165) is 17.7 Å². The van der Waals surface area contributed by atoms with Crippen LogP contribution in [0.3, 0.4) is 0 Å². The normalized spacial score (nSPS) is 12.3. The van der Waals surface area contributed by atoms with Crippen LogP contribution in [0.25, 0.3) is 0 Å². The van der Waals surface area contributed by atoms with Crippen LogP contribution in [-0.2, 0) is 12.6 Å². The van der Waals surface area contributed by atoms with E-state index < -0.39 is 11.7 Å². The first-order chi connectivity index (χ1) is 6.99. The van der Waals surface area contributed by atoms with E-state index in [-0.39, 0.29) is 0 Å². The van der Waals surface area contributed by atoms with E-state index in [1.54, 1.807) is 6.92 Å². The molecule has 0 radical (unpaired) electrons. The lowest BCUT2D eigenvalue weighted by molar-refractivity contribution is -0.137. The number of benzene rings is 1. The predicted molar refractivity (Wildman–Crippen MR) is 54.6 cm³/mol. The van der Waals surface area contributed by atoms with E-state index in [2.05, 4.69) is 4.99 Å². The van der Waals surface area contributed by atoms with Gasteiger partial charge in [0.1, 0.15) is 0 Å². The van der Waals surface area contributed by atoms with Gasteiger partial charge in [0.2, 0.25) is 0 Å². The zero-order valence-corrected chi connectivity index (χ0v) is 8.60. The van der Waals surface area contributed by atoms with Crippen LogP contribution in [0, 0.1) is 0 Å². The van der Waals surface area contributed by atoms with Gasteiger partial charge in [0.25, 0.3) is 0 Å². The molecule has 0 N–H and O–H groups in total. The van der Waals surface area contributed by atoms with Gasteiger partial charge in [-0.1, -0.05) is 13.0 Å². The minimum Gasteiger partial charge on any atom is -0.261 e. The molecule has 0 spiro atoms. The van der Waals surface area contributed by atoms with E-state index >= 15 is 0 Å². The Morgan fingerprint density at radius 2 is 2.00 bits per heavy atom. The first-order valence-electron chi connectivity index (χ1n) is 4.67. The van der Waals surface area contributed by atoms with Crippen molar-refractivity contribution in [1.82, 2.24) is 0 Å². The largest absolute Gasteiger partial charge is 0.416 e. The lowest BCUT2D eigenvalue weighted by Crippen LogP contribution is -2.04. The van der Waals surface area contributed by atoms with Gasteiger partial charge in [-0.15, -0.1) is 0 Å². The monoisotopic (exact) mass is 215 g/mol. The molecule has 0 saturated heterocycles. The molecule has 0 aliphatic heterocycles. The molecule has 82 valence electrons. The maximum Gasteiger partial charge on any atom is 0.416 e. The zero-order valence-electron chi connectivity index (χ0n) is 8.60. The third kappa shape index (κ3) is 2.81. The van der Waals surface area contributed by atoms with Crippen molar-refractivity contribution in [2.75, 3.05) is 0 Å². The molecule has 1 rings (SSSR count). The average Bonchev–Trinajstić information content (AvgIpc) is 2.17. The van der Waals surface area contributed by atoms with Gasteiger partial charge >= 0.3 is 6.18 Å². The molecule has 0 aliphatic carbocycles. The summed E-state index contributed by atoms with van der Waals surface area (Å²) in [5.74, 6) is 0. The van der Waals surface area contributed by atoms with Gasteiger partial charge in [-0.2, -0.15) is 13.2 Å². The summed E-state index contributed by atoms with van der Waals surface area (Å²) in [4.78, 5) is 3.93. The van der Waals surface area contributed by atoms with Crippen molar-refractivity contribution in [2.45, 2.75) is 26.4 Å². The maximum atomic E-state index is 12.4. The summed E-state index contributed by atoms with van der Waals surface area (Å²) in [5.41, 5.74) is 0.566. The summed E-state index contributed by atoms with van der Waals surface area (Å²) in [6.07, 6.45) is -2.14. The molecule has 1 aromatic rings. The second-order valence-corrected chi connectivity index (χ2v) is 3.08. The number of aryl methyl sites for hydroxylation is 1. The summed E-state index contributed by atoms with van der Waals surface area (Å²) < 4.78 is 37.2. The molecule has 0 aromatic heterocycles. The first kappa shape index (κ1) is 11.8. The topological polar surface area (TPSA) is 12.4 Å². The Labute approximate surface area is 86.6 Å². The van der Waals surface area contributed by atoms with Crippen molar-refractivity contribution in [3.8, 4) is 0 Å². The average molecular weight is 215 g/mol. The van der Waals surface area contributed by atoms with Crippen LogP contribution >= 0.6 is 0 Å². The second-order valence-electron chi connectivity index (χ2n) is 3.08. The third-order valence-electron chi connectivity index (χ3n) is 2.06. The van der Waals surface area contributed by atoms with Gasteiger partial charge in [0.05, 0.1) is 11.3 Å². The molecule has 15 heavy (non-hydrogen) atoms. The van der Waals surface area contributed by atoms with Crippen molar-refractivity contribution >= 4 is 11.9 Å². The Bertz CT molecular complexity index is 367. The molecule has 1 aromatic carbocycles. The van der Waals surface area contributed by atoms with E-state index in [9.17, 15) is 13.2 Å². The summed E-state index contributed by atoms with van der Waals surface area (Å²) in [6, 6.07) is 3.65. The quantitative estimate of drug-likeness (QED) is 0.661. The Morgan fingerprint density at radius 1 is 1.33 bits per heavy atom. The molecule has 0 saturated carbocycles. The number of nitrogens with zero attached hydrogens (tertiary/aromatic N) is 1. The van der Waals surface area contributed by atoms with E-state index in [1.165, 1.54) is 12.3 Å². The van der Waals surface area contributed by atoms with Crippen molar-refractivity contribution in [3.05, 3.63) is 29.3 Å². The number of hydrogen-bond acceptors (Lipinski definition) is 1. The van der Waals surface area contributed by atoms with Crippen LogP contribution in [0.5, 0.6) is 0 Å². The highest BCUT2D eigenvalue weighted by molar-refractivity contribution is 5.63. The van der Waals surface area contributed by atoms with Crippen LogP contribution in [0.1, 0.15) is 25.0 Å². The van der Waals surface area contributed by atoms with Crippen LogP contribution < -0.4 is 0 Å². The minimum atomic E-state index is -4.30. The van der Waals surface area contributed by atoms with Crippen molar-refractivity contribution < 1.29 is 13.2 Å². The second kappa shape index (κ2) is 4.47. The molecule has 0 aliphatic rings. The fourth-order valence-electron chi connectivity index (χ4n) is 1.30. The van der Waals surface area contributed by atoms with Gasteiger partial charge in [-0.3, -0.25) is 4.99 Å². The number of alkyl halides is 3.